The first-order valence-corrected chi connectivity index (χ1v) is 9.70. The number of carbonyl (C=O) groups excluding carboxylic acids is 2. The molecule has 1 saturated carbocycles. The Morgan fingerprint density at radius 3 is 2.63 bits per heavy atom. The molecule has 148 valence electrons. The maximum absolute atomic E-state index is 12.8. The number of piperazine rings is 1. The second-order valence-electron chi connectivity index (χ2n) is 7.53. The summed E-state index contributed by atoms with van der Waals surface area (Å²) in [6, 6.07) is 5.23. The summed E-state index contributed by atoms with van der Waals surface area (Å²) in [5, 5.41) is 2.97. The smallest absolute Gasteiger partial charge is 0.254 e. The molecule has 7 heteroatoms. The highest BCUT2D eigenvalue weighted by Crippen LogP contribution is 2.33. The number of hydrogen-bond donors (Lipinski definition) is 2. The molecule has 27 heavy (non-hydrogen) atoms. The lowest BCUT2D eigenvalue weighted by Crippen LogP contribution is -2.47. The van der Waals surface area contributed by atoms with Gasteiger partial charge in [-0.05, 0) is 50.6 Å². The number of nitrogens with two attached hydrogens (primary N) is 1. The van der Waals surface area contributed by atoms with Gasteiger partial charge in [-0.25, -0.2) is 0 Å². The van der Waals surface area contributed by atoms with Crippen LogP contribution in [0.1, 0.15) is 29.6 Å². The fourth-order valence-electron chi connectivity index (χ4n) is 4.02. The summed E-state index contributed by atoms with van der Waals surface area (Å²) in [5.74, 6) is 0.663. The molecule has 1 aromatic rings. The average molecular weight is 374 g/mol. The van der Waals surface area contributed by atoms with Crippen LogP contribution in [-0.2, 0) is 4.79 Å². The van der Waals surface area contributed by atoms with Crippen molar-refractivity contribution in [1.82, 2.24) is 9.80 Å². The van der Waals surface area contributed by atoms with Crippen molar-refractivity contribution in [2.45, 2.75) is 19.3 Å². The third-order valence-electron chi connectivity index (χ3n) is 5.79. The highest BCUT2D eigenvalue weighted by molar-refractivity contribution is 5.99. The predicted octanol–water partition coefficient (Wildman–Crippen LogP) is 1.40. The Balaban J connectivity index is 1.75. The lowest BCUT2D eigenvalue weighted by molar-refractivity contribution is -0.120. The molecule has 0 unspecified atom stereocenters. The maximum Gasteiger partial charge on any atom is 0.254 e. The molecule has 0 aromatic heterocycles. The van der Waals surface area contributed by atoms with Gasteiger partial charge in [-0.2, -0.15) is 0 Å². The van der Waals surface area contributed by atoms with Crippen LogP contribution in [0.15, 0.2) is 18.2 Å². The topological polar surface area (TPSA) is 87.9 Å². The number of nitrogens with one attached hydrogen (secondary N) is 1. The number of likely N-dealkylation sites (N-methyl/N-ethyl adjacent to an activating group) is 1. The van der Waals surface area contributed by atoms with Gasteiger partial charge in [0.25, 0.3) is 5.91 Å². The minimum absolute atomic E-state index is 0.0121. The van der Waals surface area contributed by atoms with Gasteiger partial charge in [0.05, 0.1) is 12.8 Å². The van der Waals surface area contributed by atoms with Gasteiger partial charge >= 0.3 is 0 Å². The molecule has 1 aromatic carbocycles. The van der Waals surface area contributed by atoms with Gasteiger partial charge in [0.1, 0.15) is 5.75 Å². The van der Waals surface area contributed by atoms with Crippen molar-refractivity contribution >= 4 is 17.5 Å². The highest BCUT2D eigenvalue weighted by Gasteiger charge is 2.32. The number of amides is 2. The maximum atomic E-state index is 12.8. The molecular weight excluding hydrogens is 344 g/mol. The van der Waals surface area contributed by atoms with E-state index >= 15 is 0 Å². The first kappa shape index (κ1) is 19.6. The summed E-state index contributed by atoms with van der Waals surface area (Å²) < 4.78 is 5.39. The molecular formula is C20H30N4O3. The van der Waals surface area contributed by atoms with Crippen LogP contribution in [0.2, 0.25) is 0 Å². The fourth-order valence-corrected chi connectivity index (χ4v) is 4.02. The Morgan fingerprint density at radius 2 is 1.96 bits per heavy atom. The van der Waals surface area contributed by atoms with Crippen molar-refractivity contribution < 1.29 is 14.3 Å². The number of rotatable bonds is 5. The standard InChI is InChI=1S/C20H30N4O3/c1-23-8-10-24(11-9-23)20(26)14-6-7-18(27-2)17(12-14)22-19(25)16-5-3-4-15(16)13-21/h6-7,12,15-16H,3-5,8-11,13,21H2,1-2H3,(H,22,25)/t15-,16-/m1/s1. The van der Waals surface area contributed by atoms with E-state index in [1.54, 1.807) is 25.3 Å². The Morgan fingerprint density at radius 1 is 1.22 bits per heavy atom. The van der Waals surface area contributed by atoms with Crippen LogP contribution < -0.4 is 15.8 Å². The number of anilines is 1. The van der Waals surface area contributed by atoms with Crippen molar-refractivity contribution in [3.63, 3.8) is 0 Å². The number of benzene rings is 1. The molecule has 1 heterocycles. The van der Waals surface area contributed by atoms with Crippen LogP contribution in [-0.4, -0.2) is 68.5 Å². The van der Waals surface area contributed by atoms with Crippen molar-refractivity contribution in [2.24, 2.45) is 17.6 Å². The summed E-state index contributed by atoms with van der Waals surface area (Å²) in [5.41, 5.74) is 6.92. The average Bonchev–Trinajstić information content (AvgIpc) is 3.17. The minimum atomic E-state index is -0.0725. The predicted molar refractivity (Wildman–Crippen MR) is 105 cm³/mol. The van der Waals surface area contributed by atoms with Crippen LogP contribution in [0.3, 0.4) is 0 Å². The van der Waals surface area contributed by atoms with Crippen molar-refractivity contribution in [1.29, 1.82) is 0 Å². The van der Waals surface area contributed by atoms with E-state index in [9.17, 15) is 9.59 Å². The van der Waals surface area contributed by atoms with Crippen LogP contribution in [0.25, 0.3) is 0 Å². The summed E-state index contributed by atoms with van der Waals surface area (Å²) in [4.78, 5) is 29.6. The molecule has 1 saturated heterocycles. The van der Waals surface area contributed by atoms with Gasteiger partial charge in [-0.1, -0.05) is 6.42 Å². The van der Waals surface area contributed by atoms with Crippen LogP contribution in [0, 0.1) is 11.8 Å². The quantitative estimate of drug-likeness (QED) is 0.813. The van der Waals surface area contributed by atoms with Gasteiger partial charge in [-0.15, -0.1) is 0 Å². The molecule has 3 rings (SSSR count). The zero-order valence-electron chi connectivity index (χ0n) is 16.2. The normalized spacial score (nSPS) is 23.3. The number of hydrogen-bond acceptors (Lipinski definition) is 5. The van der Waals surface area contributed by atoms with Crippen LogP contribution >= 0.6 is 0 Å². The number of carbonyl (C=O) groups is 2. The van der Waals surface area contributed by atoms with E-state index in [1.165, 1.54) is 0 Å². The van der Waals surface area contributed by atoms with Crippen LogP contribution in [0.5, 0.6) is 5.75 Å². The zero-order valence-corrected chi connectivity index (χ0v) is 16.2. The summed E-state index contributed by atoms with van der Waals surface area (Å²) in [7, 11) is 3.62. The summed E-state index contributed by atoms with van der Waals surface area (Å²) in [6.45, 7) is 3.69. The molecule has 1 aliphatic heterocycles. The van der Waals surface area contributed by atoms with E-state index in [-0.39, 0.29) is 23.7 Å². The van der Waals surface area contributed by atoms with Gasteiger partial charge in [0.2, 0.25) is 5.91 Å². The lowest BCUT2D eigenvalue weighted by atomic mass is 9.95. The van der Waals surface area contributed by atoms with E-state index in [0.717, 1.165) is 32.4 Å². The second-order valence-corrected chi connectivity index (χ2v) is 7.53. The summed E-state index contributed by atoms with van der Waals surface area (Å²) in [6.07, 6.45) is 2.88. The second kappa shape index (κ2) is 8.71. The van der Waals surface area contributed by atoms with E-state index in [0.29, 0.717) is 36.6 Å². The summed E-state index contributed by atoms with van der Waals surface area (Å²) >= 11 is 0. The molecule has 3 N–H and O–H groups in total. The molecule has 0 spiro atoms. The van der Waals surface area contributed by atoms with E-state index in [2.05, 4.69) is 17.3 Å². The SMILES string of the molecule is COc1ccc(C(=O)N2CCN(C)CC2)cc1NC(=O)[C@@H]1CCC[C@@H]1CN. The van der Waals surface area contributed by atoms with Crippen molar-refractivity contribution in [3.05, 3.63) is 23.8 Å². The monoisotopic (exact) mass is 374 g/mol. The first-order chi connectivity index (χ1) is 13.0. The zero-order chi connectivity index (χ0) is 19.4. The van der Waals surface area contributed by atoms with E-state index in [1.807, 2.05) is 4.90 Å². The first-order valence-electron chi connectivity index (χ1n) is 9.70. The van der Waals surface area contributed by atoms with Gasteiger partial charge in [-0.3, -0.25) is 9.59 Å². The fraction of sp³-hybridized carbons (Fsp3) is 0.600. The molecule has 0 radical (unpaired) electrons. The molecule has 0 bridgehead atoms. The van der Waals surface area contributed by atoms with Gasteiger partial charge in [0.15, 0.2) is 0 Å². The number of methoxy groups -OCH3 is 1. The third kappa shape index (κ3) is 4.42. The lowest BCUT2D eigenvalue weighted by Gasteiger charge is -2.32. The highest BCUT2D eigenvalue weighted by atomic mass is 16.5. The van der Waals surface area contributed by atoms with E-state index < -0.39 is 0 Å². The molecule has 2 aliphatic rings. The number of nitrogens with zero attached hydrogens (tertiary/aromatic N) is 2. The molecule has 7 nitrogen and oxygen atoms in total. The van der Waals surface area contributed by atoms with Crippen LogP contribution in [0.4, 0.5) is 5.69 Å². The van der Waals surface area contributed by atoms with Gasteiger partial charge < -0.3 is 25.6 Å². The molecule has 2 atom stereocenters. The molecule has 2 fully saturated rings. The van der Waals surface area contributed by atoms with Crippen molar-refractivity contribution in [3.8, 4) is 5.75 Å². The molecule has 2 amide bonds. The van der Waals surface area contributed by atoms with Gasteiger partial charge in [0, 0.05) is 37.7 Å². The Bertz CT molecular complexity index is 686. The third-order valence-corrected chi connectivity index (χ3v) is 5.79. The molecule has 1 aliphatic carbocycles. The Kier molecular flexibility index (Phi) is 6.34. The largest absolute Gasteiger partial charge is 0.495 e. The Hall–Kier alpha value is -2.12. The number of ether oxygens (including phenoxy) is 1. The minimum Gasteiger partial charge on any atom is -0.495 e. The van der Waals surface area contributed by atoms with Crippen molar-refractivity contribution in [2.75, 3.05) is 52.2 Å². The van der Waals surface area contributed by atoms with E-state index in [4.69, 9.17) is 10.5 Å². The Labute approximate surface area is 160 Å².